The van der Waals surface area contributed by atoms with Crippen LogP contribution in [0, 0.1) is 5.92 Å². The summed E-state index contributed by atoms with van der Waals surface area (Å²) in [6.07, 6.45) is 7.07. The van der Waals surface area contributed by atoms with Crippen molar-refractivity contribution in [2.45, 2.75) is 52.1 Å². The molecule has 1 saturated carbocycles. The largest absolute Gasteiger partial charge is 0.393 e. The molecule has 0 spiro atoms. The number of thiazole rings is 2. The fourth-order valence-corrected chi connectivity index (χ4v) is 6.31. The third kappa shape index (κ3) is 3.87. The predicted molar refractivity (Wildman–Crippen MR) is 128 cm³/mol. The molecule has 8 heteroatoms. The second-order valence-corrected chi connectivity index (χ2v) is 10.6. The molecular formula is C23H27N5OS2. The standard InChI is InChI=1S/C23H27N5OS2/c1-13(2)29-27-17-9-11-28(4)23-19(17)26-22(31-23)20-18(16-8-7-14(16)3)25-21(30-20)15-6-5-10-24-12-15/h5-6,10,12-14,16H,7-9,11H2,1-4H3. The van der Waals surface area contributed by atoms with E-state index in [2.05, 4.69) is 35.1 Å². The lowest BCUT2D eigenvalue weighted by Gasteiger charge is -2.33. The lowest BCUT2D eigenvalue weighted by Crippen LogP contribution is -2.28. The Morgan fingerprint density at radius 2 is 2.06 bits per heavy atom. The van der Waals surface area contributed by atoms with Crippen molar-refractivity contribution in [3.8, 4) is 20.5 Å². The molecule has 2 atom stereocenters. The van der Waals surface area contributed by atoms with Gasteiger partial charge in [-0.05, 0) is 44.7 Å². The van der Waals surface area contributed by atoms with Gasteiger partial charge < -0.3 is 9.74 Å². The Morgan fingerprint density at radius 3 is 2.74 bits per heavy atom. The van der Waals surface area contributed by atoms with Gasteiger partial charge in [-0.2, -0.15) is 0 Å². The van der Waals surface area contributed by atoms with E-state index in [1.165, 1.54) is 23.4 Å². The highest BCUT2D eigenvalue weighted by molar-refractivity contribution is 7.25. The van der Waals surface area contributed by atoms with Crippen LogP contribution in [0.5, 0.6) is 0 Å². The maximum Gasteiger partial charge on any atom is 0.138 e. The van der Waals surface area contributed by atoms with Crippen LogP contribution in [0.2, 0.25) is 0 Å². The highest BCUT2D eigenvalue weighted by atomic mass is 32.1. The molecule has 0 aromatic carbocycles. The molecule has 1 aliphatic carbocycles. The van der Waals surface area contributed by atoms with Gasteiger partial charge in [0.05, 0.1) is 10.6 Å². The van der Waals surface area contributed by atoms with E-state index in [0.717, 1.165) is 45.0 Å². The summed E-state index contributed by atoms with van der Waals surface area (Å²) in [7, 11) is 2.13. The summed E-state index contributed by atoms with van der Waals surface area (Å²) in [6.45, 7) is 7.24. The average molecular weight is 454 g/mol. The van der Waals surface area contributed by atoms with Gasteiger partial charge >= 0.3 is 0 Å². The topological polar surface area (TPSA) is 63.5 Å². The summed E-state index contributed by atoms with van der Waals surface area (Å²) in [5.74, 6) is 1.17. The summed E-state index contributed by atoms with van der Waals surface area (Å²) >= 11 is 3.48. The first-order chi connectivity index (χ1) is 15.0. The molecule has 5 rings (SSSR count). The molecule has 0 bridgehead atoms. The second kappa shape index (κ2) is 8.31. The summed E-state index contributed by atoms with van der Waals surface area (Å²) in [6, 6.07) is 4.05. The SMILES string of the molecule is CC(C)ON=C1CCN(C)c2sc(-c3sc(-c4cccnc4)nc3C3CCC3C)nc21. The average Bonchev–Trinajstić information content (AvgIpc) is 3.38. The van der Waals surface area contributed by atoms with Gasteiger partial charge in [0, 0.05) is 43.9 Å². The van der Waals surface area contributed by atoms with Crippen molar-refractivity contribution in [3.05, 3.63) is 35.9 Å². The van der Waals surface area contributed by atoms with E-state index >= 15 is 0 Å². The molecule has 162 valence electrons. The number of hydrogen-bond acceptors (Lipinski definition) is 8. The third-order valence-corrected chi connectivity index (χ3v) is 8.46. The van der Waals surface area contributed by atoms with Crippen LogP contribution in [-0.2, 0) is 4.84 Å². The first-order valence-electron chi connectivity index (χ1n) is 10.9. The van der Waals surface area contributed by atoms with Crippen molar-refractivity contribution in [1.82, 2.24) is 15.0 Å². The van der Waals surface area contributed by atoms with E-state index in [4.69, 9.17) is 14.8 Å². The number of fused-ring (bicyclic) bond motifs is 1. The van der Waals surface area contributed by atoms with Gasteiger partial charge in [-0.3, -0.25) is 4.98 Å². The lowest BCUT2D eigenvalue weighted by molar-refractivity contribution is 0.0855. The van der Waals surface area contributed by atoms with E-state index in [0.29, 0.717) is 11.8 Å². The Bertz CT molecular complexity index is 1100. The first kappa shape index (κ1) is 20.6. The van der Waals surface area contributed by atoms with Crippen LogP contribution in [0.4, 0.5) is 5.00 Å². The Balaban J connectivity index is 1.59. The van der Waals surface area contributed by atoms with Crippen LogP contribution >= 0.6 is 22.7 Å². The molecule has 2 unspecified atom stereocenters. The number of nitrogens with zero attached hydrogens (tertiary/aromatic N) is 5. The maximum atomic E-state index is 5.57. The normalized spacial score (nSPS) is 22.0. The molecule has 3 aromatic rings. The van der Waals surface area contributed by atoms with Crippen LogP contribution < -0.4 is 4.90 Å². The number of rotatable bonds is 5. The van der Waals surface area contributed by atoms with Gasteiger partial charge in [0.25, 0.3) is 0 Å². The van der Waals surface area contributed by atoms with Gasteiger partial charge in [0.15, 0.2) is 0 Å². The molecule has 1 aliphatic heterocycles. The second-order valence-electron chi connectivity index (χ2n) is 8.67. The fraction of sp³-hybridized carbons (Fsp3) is 0.478. The third-order valence-electron chi connectivity index (χ3n) is 6.01. The molecule has 3 aromatic heterocycles. The molecule has 6 nitrogen and oxygen atoms in total. The van der Waals surface area contributed by atoms with Crippen LogP contribution in [0.25, 0.3) is 20.5 Å². The van der Waals surface area contributed by atoms with E-state index < -0.39 is 0 Å². The minimum Gasteiger partial charge on any atom is -0.393 e. The monoisotopic (exact) mass is 453 g/mol. The first-order valence-corrected chi connectivity index (χ1v) is 12.5. The Labute approximate surface area is 191 Å². The number of pyridine rings is 1. The predicted octanol–water partition coefficient (Wildman–Crippen LogP) is 5.81. The Hall–Kier alpha value is -2.32. The van der Waals surface area contributed by atoms with Crippen LogP contribution in [0.1, 0.15) is 57.3 Å². The molecule has 4 heterocycles. The zero-order valence-corrected chi connectivity index (χ0v) is 20.0. The zero-order chi connectivity index (χ0) is 21.5. The molecule has 1 fully saturated rings. The summed E-state index contributed by atoms with van der Waals surface area (Å²) in [5.41, 5.74) is 4.17. The van der Waals surface area contributed by atoms with Gasteiger partial charge in [-0.25, -0.2) is 9.97 Å². The van der Waals surface area contributed by atoms with E-state index in [1.807, 2.05) is 26.1 Å². The lowest BCUT2D eigenvalue weighted by atomic mass is 9.73. The number of aromatic nitrogens is 3. The molecule has 31 heavy (non-hydrogen) atoms. The van der Waals surface area contributed by atoms with E-state index in [9.17, 15) is 0 Å². The molecule has 0 amide bonds. The van der Waals surface area contributed by atoms with Gasteiger partial charge in [0.1, 0.15) is 32.5 Å². The van der Waals surface area contributed by atoms with Gasteiger partial charge in [0.2, 0.25) is 0 Å². The van der Waals surface area contributed by atoms with Crippen molar-refractivity contribution in [1.29, 1.82) is 0 Å². The van der Waals surface area contributed by atoms with Gasteiger partial charge in [-0.15, -0.1) is 11.3 Å². The minimum atomic E-state index is 0.0592. The zero-order valence-electron chi connectivity index (χ0n) is 18.3. The van der Waals surface area contributed by atoms with Crippen LogP contribution in [0.3, 0.4) is 0 Å². The molecule has 0 radical (unpaired) electrons. The Morgan fingerprint density at radius 1 is 1.19 bits per heavy atom. The fourth-order valence-electron chi connectivity index (χ4n) is 4.03. The highest BCUT2D eigenvalue weighted by Crippen LogP contribution is 2.50. The minimum absolute atomic E-state index is 0.0592. The summed E-state index contributed by atoms with van der Waals surface area (Å²) < 4.78 is 0. The van der Waals surface area contributed by atoms with E-state index in [-0.39, 0.29) is 6.10 Å². The maximum absolute atomic E-state index is 5.57. The van der Waals surface area contributed by atoms with Crippen molar-refractivity contribution in [2.24, 2.45) is 11.1 Å². The quantitative estimate of drug-likeness (QED) is 0.456. The van der Waals surface area contributed by atoms with Crippen molar-refractivity contribution in [2.75, 3.05) is 18.5 Å². The number of hydrogen-bond donors (Lipinski definition) is 0. The Kier molecular flexibility index (Phi) is 5.52. The molecule has 0 saturated heterocycles. The van der Waals surface area contributed by atoms with Crippen molar-refractivity contribution < 1.29 is 4.84 Å². The highest BCUT2D eigenvalue weighted by Gasteiger charge is 2.35. The van der Waals surface area contributed by atoms with Crippen molar-refractivity contribution >= 4 is 33.4 Å². The molecule has 0 N–H and O–H groups in total. The summed E-state index contributed by atoms with van der Waals surface area (Å²) in [5, 5.41) is 7.66. The smallest absolute Gasteiger partial charge is 0.138 e. The molecule has 2 aliphatic rings. The summed E-state index contributed by atoms with van der Waals surface area (Å²) in [4.78, 5) is 23.5. The number of oxime groups is 1. The van der Waals surface area contributed by atoms with Crippen molar-refractivity contribution in [3.63, 3.8) is 0 Å². The van der Waals surface area contributed by atoms with Gasteiger partial charge in [-0.1, -0.05) is 23.4 Å². The van der Waals surface area contributed by atoms with Crippen LogP contribution in [0.15, 0.2) is 29.7 Å². The number of anilines is 1. The van der Waals surface area contributed by atoms with E-state index in [1.54, 1.807) is 28.9 Å². The van der Waals surface area contributed by atoms with Crippen LogP contribution in [-0.4, -0.2) is 40.4 Å². The molecular weight excluding hydrogens is 426 g/mol.